The molecular weight excluding hydrogens is 263 g/mol. The molecule has 15 heavy (non-hydrogen) atoms. The highest BCUT2D eigenvalue weighted by atomic mass is 79.9. The van der Waals surface area contributed by atoms with Gasteiger partial charge in [-0.3, -0.25) is 4.79 Å². The van der Waals surface area contributed by atoms with Gasteiger partial charge in [0.1, 0.15) is 11.6 Å². The van der Waals surface area contributed by atoms with Gasteiger partial charge in [0.2, 0.25) is 0 Å². The first kappa shape index (κ1) is 10.6. The number of carbonyl (C=O) groups excluding carboxylic acids is 1. The molecule has 0 unspecified atom stereocenters. The third kappa shape index (κ3) is 2.56. The van der Waals surface area contributed by atoms with Crippen molar-refractivity contribution in [3.8, 4) is 5.75 Å². The molecule has 0 aliphatic heterocycles. The van der Waals surface area contributed by atoms with Crippen molar-refractivity contribution in [2.24, 2.45) is 5.92 Å². The molecule has 0 saturated heterocycles. The van der Waals surface area contributed by atoms with E-state index in [1.165, 1.54) is 18.9 Å². The van der Waals surface area contributed by atoms with Crippen molar-refractivity contribution < 1.29 is 13.9 Å². The Bertz CT molecular complexity index is 388. The third-order valence-corrected chi connectivity index (χ3v) is 2.92. The summed E-state index contributed by atoms with van der Waals surface area (Å²) < 4.78 is 19.0. The van der Waals surface area contributed by atoms with Crippen LogP contribution in [0.4, 0.5) is 4.39 Å². The summed E-state index contributed by atoms with van der Waals surface area (Å²) in [4.78, 5) is 10.6. The van der Waals surface area contributed by atoms with Crippen LogP contribution in [0.15, 0.2) is 16.6 Å². The number of benzene rings is 1. The average Bonchev–Trinajstić information content (AvgIpc) is 3.03. The summed E-state index contributed by atoms with van der Waals surface area (Å²) in [5.41, 5.74) is 0.0233. The Hall–Kier alpha value is -0.900. The van der Waals surface area contributed by atoms with Crippen LogP contribution in [0.2, 0.25) is 0 Å². The van der Waals surface area contributed by atoms with Crippen molar-refractivity contribution in [3.63, 3.8) is 0 Å². The zero-order chi connectivity index (χ0) is 10.8. The quantitative estimate of drug-likeness (QED) is 0.787. The molecule has 1 aromatic carbocycles. The predicted octanol–water partition coefficient (Wildman–Crippen LogP) is 3.19. The topological polar surface area (TPSA) is 26.3 Å². The monoisotopic (exact) mass is 272 g/mol. The highest BCUT2D eigenvalue weighted by molar-refractivity contribution is 9.10. The first-order valence-corrected chi connectivity index (χ1v) is 5.57. The van der Waals surface area contributed by atoms with E-state index in [0.717, 1.165) is 0 Å². The summed E-state index contributed by atoms with van der Waals surface area (Å²) in [5.74, 6) is 0.634. The minimum atomic E-state index is -0.538. The van der Waals surface area contributed by atoms with Crippen LogP contribution in [-0.2, 0) is 0 Å². The van der Waals surface area contributed by atoms with Crippen molar-refractivity contribution >= 4 is 22.2 Å². The lowest BCUT2D eigenvalue weighted by Gasteiger charge is -2.07. The van der Waals surface area contributed by atoms with Gasteiger partial charge in [0.15, 0.2) is 6.29 Å². The SMILES string of the molecule is O=Cc1cc(OCC2CC2)cc(Br)c1F. The number of rotatable bonds is 4. The summed E-state index contributed by atoms with van der Waals surface area (Å²) >= 11 is 3.05. The Morgan fingerprint density at radius 2 is 2.27 bits per heavy atom. The summed E-state index contributed by atoms with van der Waals surface area (Å²) in [5, 5.41) is 0. The van der Waals surface area contributed by atoms with Crippen LogP contribution in [0, 0.1) is 11.7 Å². The average molecular weight is 273 g/mol. The maximum absolute atomic E-state index is 13.3. The molecule has 4 heteroatoms. The molecule has 0 N–H and O–H groups in total. The lowest BCUT2D eigenvalue weighted by atomic mass is 10.2. The number of ether oxygens (including phenoxy) is 1. The van der Waals surface area contributed by atoms with E-state index in [9.17, 15) is 9.18 Å². The van der Waals surface area contributed by atoms with E-state index in [0.29, 0.717) is 24.6 Å². The van der Waals surface area contributed by atoms with Crippen LogP contribution in [0.3, 0.4) is 0 Å². The van der Waals surface area contributed by atoms with Gasteiger partial charge in [-0.05, 0) is 46.8 Å². The van der Waals surface area contributed by atoms with Gasteiger partial charge < -0.3 is 4.74 Å². The van der Waals surface area contributed by atoms with Crippen LogP contribution >= 0.6 is 15.9 Å². The Morgan fingerprint density at radius 3 is 2.87 bits per heavy atom. The number of halogens is 2. The summed E-state index contributed by atoms with van der Waals surface area (Å²) in [6, 6.07) is 2.97. The van der Waals surface area contributed by atoms with Gasteiger partial charge in [-0.2, -0.15) is 0 Å². The van der Waals surface area contributed by atoms with Crippen molar-refractivity contribution in [3.05, 3.63) is 28.0 Å². The lowest BCUT2D eigenvalue weighted by molar-refractivity contribution is 0.111. The number of hydrogen-bond acceptors (Lipinski definition) is 2. The van der Waals surface area contributed by atoms with E-state index >= 15 is 0 Å². The smallest absolute Gasteiger partial charge is 0.153 e. The highest BCUT2D eigenvalue weighted by Gasteiger charge is 2.22. The molecule has 0 bridgehead atoms. The molecule has 0 heterocycles. The van der Waals surface area contributed by atoms with Gasteiger partial charge in [-0.15, -0.1) is 0 Å². The normalized spacial score (nSPS) is 15.1. The molecule has 0 spiro atoms. The van der Waals surface area contributed by atoms with Crippen molar-refractivity contribution in [1.82, 2.24) is 0 Å². The van der Waals surface area contributed by atoms with Gasteiger partial charge in [-0.25, -0.2) is 4.39 Å². The summed E-state index contributed by atoms with van der Waals surface area (Å²) in [6.45, 7) is 0.649. The number of carbonyl (C=O) groups is 1. The Kier molecular flexibility index (Phi) is 3.05. The summed E-state index contributed by atoms with van der Waals surface area (Å²) in [6.07, 6.45) is 2.88. The molecule has 1 aromatic rings. The summed E-state index contributed by atoms with van der Waals surface area (Å²) in [7, 11) is 0. The lowest BCUT2D eigenvalue weighted by Crippen LogP contribution is -2.00. The Labute approximate surface area is 95.6 Å². The van der Waals surface area contributed by atoms with E-state index in [2.05, 4.69) is 15.9 Å². The van der Waals surface area contributed by atoms with Gasteiger partial charge in [0.25, 0.3) is 0 Å². The Balaban J connectivity index is 2.15. The Morgan fingerprint density at radius 1 is 1.53 bits per heavy atom. The van der Waals surface area contributed by atoms with E-state index in [1.807, 2.05) is 0 Å². The zero-order valence-corrected chi connectivity index (χ0v) is 9.59. The van der Waals surface area contributed by atoms with Gasteiger partial charge in [-0.1, -0.05) is 0 Å². The molecular formula is C11H10BrFO2. The molecule has 1 fully saturated rings. The zero-order valence-electron chi connectivity index (χ0n) is 8.00. The van der Waals surface area contributed by atoms with Crippen LogP contribution in [0.25, 0.3) is 0 Å². The molecule has 0 radical (unpaired) electrons. The fourth-order valence-corrected chi connectivity index (χ4v) is 1.71. The molecule has 80 valence electrons. The maximum Gasteiger partial charge on any atom is 0.153 e. The molecule has 2 rings (SSSR count). The highest BCUT2D eigenvalue weighted by Crippen LogP contribution is 2.31. The molecule has 0 atom stereocenters. The molecule has 1 saturated carbocycles. The van der Waals surface area contributed by atoms with E-state index in [-0.39, 0.29) is 10.0 Å². The van der Waals surface area contributed by atoms with Gasteiger partial charge in [0.05, 0.1) is 16.6 Å². The number of hydrogen-bond donors (Lipinski definition) is 0. The largest absolute Gasteiger partial charge is 0.493 e. The van der Waals surface area contributed by atoms with Crippen molar-refractivity contribution in [2.75, 3.05) is 6.61 Å². The number of aldehydes is 1. The van der Waals surface area contributed by atoms with Crippen LogP contribution in [0.5, 0.6) is 5.75 Å². The van der Waals surface area contributed by atoms with Crippen molar-refractivity contribution in [2.45, 2.75) is 12.8 Å². The first-order chi connectivity index (χ1) is 7.20. The minimum Gasteiger partial charge on any atom is -0.493 e. The second kappa shape index (κ2) is 4.31. The predicted molar refractivity (Wildman–Crippen MR) is 57.7 cm³/mol. The fraction of sp³-hybridized carbons (Fsp3) is 0.364. The molecule has 0 aromatic heterocycles. The van der Waals surface area contributed by atoms with E-state index in [1.54, 1.807) is 6.07 Å². The van der Waals surface area contributed by atoms with Gasteiger partial charge >= 0.3 is 0 Å². The first-order valence-electron chi connectivity index (χ1n) is 4.77. The van der Waals surface area contributed by atoms with Crippen LogP contribution in [-0.4, -0.2) is 12.9 Å². The van der Waals surface area contributed by atoms with Gasteiger partial charge in [0, 0.05) is 0 Å². The molecule has 1 aliphatic carbocycles. The molecule has 0 amide bonds. The van der Waals surface area contributed by atoms with Crippen molar-refractivity contribution in [1.29, 1.82) is 0 Å². The van der Waals surface area contributed by atoms with Crippen LogP contribution in [0.1, 0.15) is 23.2 Å². The molecule has 1 aliphatic rings. The standard InChI is InChI=1S/C11H10BrFO2/c12-10-4-9(15-6-7-1-2-7)3-8(5-14)11(10)13/h3-5,7H,1-2,6H2. The van der Waals surface area contributed by atoms with E-state index in [4.69, 9.17) is 4.74 Å². The van der Waals surface area contributed by atoms with E-state index < -0.39 is 5.82 Å². The second-order valence-electron chi connectivity index (χ2n) is 3.68. The fourth-order valence-electron chi connectivity index (χ4n) is 1.25. The third-order valence-electron chi connectivity index (χ3n) is 2.34. The maximum atomic E-state index is 13.3. The molecule has 2 nitrogen and oxygen atoms in total. The minimum absolute atomic E-state index is 0.0233. The second-order valence-corrected chi connectivity index (χ2v) is 4.53. The van der Waals surface area contributed by atoms with Crippen LogP contribution < -0.4 is 4.74 Å².